The Morgan fingerprint density at radius 2 is 1.66 bits per heavy atom. The Hall–Kier alpha value is -3.69. The van der Waals surface area contributed by atoms with Gasteiger partial charge in [0.15, 0.2) is 5.75 Å². The molecule has 3 amide bonds. The molecule has 1 fully saturated rings. The number of benzene rings is 2. The molecular weight excluding hydrogens is 541 g/mol. The number of anilines is 2. The van der Waals surface area contributed by atoms with Crippen molar-refractivity contribution < 1.29 is 58.6 Å². The highest BCUT2D eigenvalue weighted by molar-refractivity contribution is 5.97. The maximum absolute atomic E-state index is 13.9. The number of amides is 3. The Bertz CT molecular complexity index is 1170. The van der Waals surface area contributed by atoms with Gasteiger partial charge >= 0.3 is 31.1 Å². The molecule has 0 saturated carbocycles. The molecule has 7 nitrogen and oxygen atoms in total. The fourth-order valence-electron chi connectivity index (χ4n) is 3.49. The van der Waals surface area contributed by atoms with Gasteiger partial charge in [0.2, 0.25) is 0 Å². The van der Waals surface area contributed by atoms with Gasteiger partial charge in [0, 0.05) is 32.4 Å². The van der Waals surface area contributed by atoms with Gasteiger partial charge < -0.3 is 14.4 Å². The Balaban J connectivity index is 2.05. The zero-order valence-corrected chi connectivity index (χ0v) is 19.2. The summed E-state index contributed by atoms with van der Waals surface area (Å²) >= 11 is 0. The molecule has 2 aromatic rings. The monoisotopic (exact) mass is 559 g/mol. The first kappa shape index (κ1) is 28.9. The molecule has 0 bridgehead atoms. The van der Waals surface area contributed by atoms with E-state index in [0.717, 1.165) is 36.2 Å². The Morgan fingerprint density at radius 3 is 2.21 bits per heavy atom. The Morgan fingerprint density at radius 1 is 1.03 bits per heavy atom. The second-order valence-electron chi connectivity index (χ2n) is 7.82. The first-order valence-corrected chi connectivity index (χ1v) is 10.6. The molecule has 1 heterocycles. The normalized spacial score (nSPS) is 14.4. The molecular formula is C22H18F9N3O4. The van der Waals surface area contributed by atoms with E-state index in [4.69, 9.17) is 4.74 Å². The lowest BCUT2D eigenvalue weighted by Gasteiger charge is -2.26. The summed E-state index contributed by atoms with van der Waals surface area (Å²) < 4.78 is 129. The summed E-state index contributed by atoms with van der Waals surface area (Å²) in [5.74, 6) is -2.07. The molecule has 2 aromatic carbocycles. The van der Waals surface area contributed by atoms with Crippen molar-refractivity contribution in [1.82, 2.24) is 4.90 Å². The van der Waals surface area contributed by atoms with Crippen molar-refractivity contribution in [3.63, 3.8) is 0 Å². The fraction of sp³-hybridized carbons (Fsp3) is 0.364. The number of carbonyl (C=O) groups excluding carboxylic acids is 2. The van der Waals surface area contributed by atoms with E-state index in [1.54, 1.807) is 0 Å². The Labute approximate surface area is 208 Å². The maximum atomic E-state index is 13.9. The van der Waals surface area contributed by atoms with Crippen LogP contribution >= 0.6 is 0 Å². The van der Waals surface area contributed by atoms with E-state index >= 15 is 0 Å². The van der Waals surface area contributed by atoms with Gasteiger partial charge in [-0.25, -0.2) is 14.0 Å². The minimum atomic E-state index is -5.46. The smallest absolute Gasteiger partial charge is 0.407 e. The molecule has 3 rings (SSSR count). The number of halogens is 9. The first-order chi connectivity index (χ1) is 17.6. The summed E-state index contributed by atoms with van der Waals surface area (Å²) in [6, 6.07) is 2.90. The van der Waals surface area contributed by atoms with Crippen LogP contribution in [-0.2, 0) is 17.1 Å². The molecule has 0 aromatic heterocycles. The second kappa shape index (κ2) is 11.0. The SMILES string of the molecule is CN(C(=O)Oc1c(N2CCN(CCOC(F)F)C2=O)cc(C(F)(F)F)cc1C(F)(F)F)c1ccc(F)cc1. The summed E-state index contributed by atoms with van der Waals surface area (Å²) in [4.78, 5) is 27.5. The average Bonchev–Trinajstić information content (AvgIpc) is 3.17. The molecule has 38 heavy (non-hydrogen) atoms. The molecule has 1 aliphatic heterocycles. The topological polar surface area (TPSA) is 62.3 Å². The van der Waals surface area contributed by atoms with Gasteiger partial charge in [-0.1, -0.05) is 0 Å². The molecule has 208 valence electrons. The standard InChI is InChI=1S/C22H18F9N3O4/c1-32(14-4-2-13(23)3-5-14)20(36)38-17-15(22(29,30)31)10-12(21(26,27)28)11-16(17)34-7-6-33(19(34)35)8-9-37-18(24)25/h2-5,10-11,18H,6-9H2,1H3. The Kier molecular flexibility index (Phi) is 8.33. The average molecular weight is 559 g/mol. The highest BCUT2D eigenvalue weighted by Gasteiger charge is 2.44. The minimum absolute atomic E-state index is 0.0270. The van der Waals surface area contributed by atoms with Gasteiger partial charge in [0.05, 0.1) is 17.9 Å². The minimum Gasteiger partial charge on any atom is -0.407 e. The van der Waals surface area contributed by atoms with E-state index in [0.29, 0.717) is 9.80 Å². The molecule has 16 heteroatoms. The molecule has 0 N–H and O–H groups in total. The molecule has 1 saturated heterocycles. The van der Waals surface area contributed by atoms with Crippen molar-refractivity contribution in [2.75, 3.05) is 43.1 Å². The lowest BCUT2D eigenvalue weighted by Crippen LogP contribution is -2.35. The van der Waals surface area contributed by atoms with E-state index in [1.807, 2.05) is 0 Å². The number of rotatable bonds is 7. The van der Waals surface area contributed by atoms with Crippen molar-refractivity contribution in [2.24, 2.45) is 0 Å². The van der Waals surface area contributed by atoms with E-state index in [-0.39, 0.29) is 24.4 Å². The third-order valence-electron chi connectivity index (χ3n) is 5.37. The summed E-state index contributed by atoms with van der Waals surface area (Å²) in [5.41, 5.74) is -4.81. The molecule has 0 radical (unpaired) electrons. The fourth-order valence-corrected chi connectivity index (χ4v) is 3.49. The second-order valence-corrected chi connectivity index (χ2v) is 7.82. The largest absolute Gasteiger partial charge is 0.420 e. The van der Waals surface area contributed by atoms with E-state index in [1.165, 1.54) is 0 Å². The van der Waals surface area contributed by atoms with Crippen LogP contribution < -0.4 is 14.5 Å². The maximum Gasteiger partial charge on any atom is 0.420 e. The van der Waals surface area contributed by atoms with Crippen molar-refractivity contribution in [2.45, 2.75) is 19.0 Å². The quantitative estimate of drug-likeness (QED) is 0.392. The number of nitrogens with zero attached hydrogens (tertiary/aromatic N) is 3. The summed E-state index contributed by atoms with van der Waals surface area (Å²) in [7, 11) is 1.05. The highest BCUT2D eigenvalue weighted by Crippen LogP contribution is 2.47. The number of alkyl halides is 8. The van der Waals surface area contributed by atoms with Crippen LogP contribution in [0.2, 0.25) is 0 Å². The first-order valence-electron chi connectivity index (χ1n) is 10.6. The highest BCUT2D eigenvalue weighted by atomic mass is 19.4. The van der Waals surface area contributed by atoms with Crippen molar-refractivity contribution in [3.05, 3.63) is 53.3 Å². The molecule has 1 aliphatic rings. The van der Waals surface area contributed by atoms with Gasteiger partial charge in [-0.2, -0.15) is 35.1 Å². The lowest BCUT2D eigenvalue weighted by molar-refractivity contribution is -0.143. The number of urea groups is 1. The van der Waals surface area contributed by atoms with Gasteiger partial charge in [0.25, 0.3) is 0 Å². The van der Waals surface area contributed by atoms with Crippen LogP contribution in [0.4, 0.5) is 60.5 Å². The molecule has 0 spiro atoms. The zero-order chi connectivity index (χ0) is 28.4. The van der Waals surface area contributed by atoms with Crippen LogP contribution in [0.3, 0.4) is 0 Å². The predicted molar refractivity (Wildman–Crippen MR) is 114 cm³/mol. The summed E-state index contributed by atoms with van der Waals surface area (Å²) in [5, 5.41) is 0. The predicted octanol–water partition coefficient (Wildman–Crippen LogP) is 5.98. The summed E-state index contributed by atoms with van der Waals surface area (Å²) in [6.07, 6.45) is -12.2. The van der Waals surface area contributed by atoms with Crippen molar-refractivity contribution in [1.29, 1.82) is 0 Å². The zero-order valence-electron chi connectivity index (χ0n) is 19.2. The number of ether oxygens (including phenoxy) is 2. The lowest BCUT2D eigenvalue weighted by atomic mass is 10.1. The van der Waals surface area contributed by atoms with Crippen LogP contribution in [0.25, 0.3) is 0 Å². The molecule has 0 unspecified atom stereocenters. The summed E-state index contributed by atoms with van der Waals surface area (Å²) in [6.45, 7) is -4.97. The molecule has 0 aliphatic carbocycles. The van der Waals surface area contributed by atoms with Crippen LogP contribution in [-0.4, -0.2) is 56.9 Å². The van der Waals surface area contributed by atoms with Crippen molar-refractivity contribution in [3.8, 4) is 5.75 Å². The van der Waals surface area contributed by atoms with Crippen LogP contribution in [0, 0.1) is 5.82 Å². The van der Waals surface area contributed by atoms with E-state index in [9.17, 15) is 49.1 Å². The molecule has 0 atom stereocenters. The van der Waals surface area contributed by atoms with Gasteiger partial charge in [-0.15, -0.1) is 0 Å². The third-order valence-corrected chi connectivity index (χ3v) is 5.37. The van der Waals surface area contributed by atoms with Crippen LogP contribution in [0.5, 0.6) is 5.75 Å². The van der Waals surface area contributed by atoms with Gasteiger partial charge in [-0.3, -0.25) is 9.80 Å². The number of hydrogen-bond donors (Lipinski definition) is 0. The van der Waals surface area contributed by atoms with E-state index < -0.39 is 79.2 Å². The number of carbonyl (C=O) groups is 2. The number of hydrogen-bond acceptors (Lipinski definition) is 4. The van der Waals surface area contributed by atoms with Gasteiger partial charge in [0.1, 0.15) is 11.4 Å². The third kappa shape index (κ3) is 6.59. The van der Waals surface area contributed by atoms with E-state index in [2.05, 4.69) is 4.74 Å². The van der Waals surface area contributed by atoms with Crippen molar-refractivity contribution >= 4 is 23.5 Å². The van der Waals surface area contributed by atoms with Crippen LogP contribution in [0.1, 0.15) is 11.1 Å². The van der Waals surface area contributed by atoms with Gasteiger partial charge in [-0.05, 0) is 36.4 Å². The van der Waals surface area contributed by atoms with Crippen LogP contribution in [0.15, 0.2) is 36.4 Å².